The van der Waals surface area contributed by atoms with Gasteiger partial charge in [-0.1, -0.05) is 26.7 Å². The van der Waals surface area contributed by atoms with E-state index in [0.717, 1.165) is 30.6 Å². The fourth-order valence-electron chi connectivity index (χ4n) is 7.60. The standard InChI is InChI=1S/C20H34O2/c1-18-11-5-4-6-14(18)7-8-15-16(18)9-12-19(2)17(15)10-13-20(19,21)22-3/h14-17,21H,4-13H2,1-3H3/t14?,15-,16-,17+,18+,19+,20?/m1/s1. The van der Waals surface area contributed by atoms with Crippen molar-refractivity contribution in [3.63, 3.8) is 0 Å². The summed E-state index contributed by atoms with van der Waals surface area (Å²) in [5.41, 5.74) is 0.580. The Hall–Kier alpha value is -0.0800. The first-order valence-corrected chi connectivity index (χ1v) is 9.72. The van der Waals surface area contributed by atoms with Crippen LogP contribution in [0.5, 0.6) is 0 Å². The van der Waals surface area contributed by atoms with Crippen molar-refractivity contribution in [1.29, 1.82) is 0 Å². The van der Waals surface area contributed by atoms with Gasteiger partial charge >= 0.3 is 0 Å². The van der Waals surface area contributed by atoms with Gasteiger partial charge in [-0.2, -0.15) is 0 Å². The predicted octanol–water partition coefficient (Wildman–Crippen LogP) is 4.75. The summed E-state index contributed by atoms with van der Waals surface area (Å²) >= 11 is 0. The highest BCUT2D eigenvalue weighted by Gasteiger charge is 2.64. The SMILES string of the molecule is COC1(O)CC[C@H]2[C@@H]3CCC4CCCC[C@]4(C)[C@@H]3CC[C@@]21C. The average Bonchev–Trinajstić information content (AvgIpc) is 2.79. The van der Waals surface area contributed by atoms with Crippen molar-refractivity contribution in [3.8, 4) is 0 Å². The van der Waals surface area contributed by atoms with Crippen molar-refractivity contribution in [2.75, 3.05) is 7.11 Å². The summed E-state index contributed by atoms with van der Waals surface area (Å²) < 4.78 is 5.64. The minimum Gasteiger partial charge on any atom is -0.365 e. The summed E-state index contributed by atoms with van der Waals surface area (Å²) in [6, 6.07) is 0. The van der Waals surface area contributed by atoms with Crippen molar-refractivity contribution in [2.24, 2.45) is 34.5 Å². The summed E-state index contributed by atoms with van der Waals surface area (Å²) in [7, 11) is 1.71. The van der Waals surface area contributed by atoms with E-state index >= 15 is 0 Å². The largest absolute Gasteiger partial charge is 0.365 e. The van der Waals surface area contributed by atoms with E-state index < -0.39 is 5.79 Å². The molecule has 4 rings (SSSR count). The van der Waals surface area contributed by atoms with Crippen LogP contribution < -0.4 is 0 Å². The van der Waals surface area contributed by atoms with Gasteiger partial charge in [-0.05, 0) is 74.0 Å². The number of fused-ring (bicyclic) bond motifs is 5. The van der Waals surface area contributed by atoms with Gasteiger partial charge < -0.3 is 9.84 Å². The Kier molecular flexibility index (Phi) is 3.48. The zero-order chi connectivity index (χ0) is 15.6. The zero-order valence-electron chi connectivity index (χ0n) is 14.7. The van der Waals surface area contributed by atoms with Gasteiger partial charge in [0.1, 0.15) is 0 Å². The molecular formula is C20H34O2. The van der Waals surface area contributed by atoms with E-state index in [0.29, 0.717) is 11.3 Å². The second-order valence-corrected chi connectivity index (χ2v) is 9.39. The first-order valence-electron chi connectivity index (χ1n) is 9.72. The average molecular weight is 306 g/mol. The second kappa shape index (κ2) is 4.96. The van der Waals surface area contributed by atoms with Crippen LogP contribution in [0.15, 0.2) is 0 Å². The van der Waals surface area contributed by atoms with Crippen LogP contribution in [0.3, 0.4) is 0 Å². The third-order valence-corrected chi connectivity index (χ3v) is 9.00. The molecule has 2 nitrogen and oxygen atoms in total. The molecule has 7 atom stereocenters. The normalized spacial score (nSPS) is 57.8. The summed E-state index contributed by atoms with van der Waals surface area (Å²) in [4.78, 5) is 0. The summed E-state index contributed by atoms with van der Waals surface area (Å²) in [5.74, 6) is 2.53. The molecule has 126 valence electrons. The molecule has 0 bridgehead atoms. The molecule has 0 aromatic carbocycles. The number of ether oxygens (including phenoxy) is 1. The summed E-state index contributed by atoms with van der Waals surface area (Å²) in [6.07, 6.45) is 13.2. The van der Waals surface area contributed by atoms with Crippen LogP contribution in [0.4, 0.5) is 0 Å². The Morgan fingerprint density at radius 3 is 2.41 bits per heavy atom. The fraction of sp³-hybridized carbons (Fsp3) is 1.00. The summed E-state index contributed by atoms with van der Waals surface area (Å²) in [5, 5.41) is 11.0. The Bertz CT molecular complexity index is 447. The third-order valence-electron chi connectivity index (χ3n) is 9.00. The third kappa shape index (κ3) is 1.80. The maximum atomic E-state index is 11.0. The van der Waals surface area contributed by atoms with Crippen molar-refractivity contribution in [2.45, 2.75) is 83.8 Å². The van der Waals surface area contributed by atoms with Crippen LogP contribution in [0, 0.1) is 34.5 Å². The van der Waals surface area contributed by atoms with E-state index in [4.69, 9.17) is 4.74 Å². The number of hydrogen-bond donors (Lipinski definition) is 1. The van der Waals surface area contributed by atoms with Crippen molar-refractivity contribution in [3.05, 3.63) is 0 Å². The van der Waals surface area contributed by atoms with Crippen LogP contribution in [0.25, 0.3) is 0 Å². The predicted molar refractivity (Wildman–Crippen MR) is 88.3 cm³/mol. The molecule has 4 aliphatic carbocycles. The molecule has 4 fully saturated rings. The lowest BCUT2D eigenvalue weighted by Crippen LogP contribution is -2.56. The van der Waals surface area contributed by atoms with E-state index in [1.54, 1.807) is 7.11 Å². The lowest BCUT2D eigenvalue weighted by molar-refractivity contribution is -0.266. The molecule has 0 saturated heterocycles. The number of hydrogen-bond acceptors (Lipinski definition) is 2. The molecule has 0 aromatic rings. The number of rotatable bonds is 1. The molecule has 22 heavy (non-hydrogen) atoms. The Balaban J connectivity index is 1.65. The van der Waals surface area contributed by atoms with Gasteiger partial charge in [0.2, 0.25) is 0 Å². The molecule has 2 heteroatoms. The van der Waals surface area contributed by atoms with Crippen molar-refractivity contribution in [1.82, 2.24) is 0 Å². The molecule has 0 amide bonds. The Morgan fingerprint density at radius 2 is 1.64 bits per heavy atom. The van der Waals surface area contributed by atoms with Gasteiger partial charge in [0.15, 0.2) is 5.79 Å². The summed E-state index contributed by atoms with van der Waals surface area (Å²) in [6.45, 7) is 4.94. The van der Waals surface area contributed by atoms with Crippen LogP contribution in [0.1, 0.15) is 78.1 Å². The highest BCUT2D eigenvalue weighted by molar-refractivity contribution is 5.11. The second-order valence-electron chi connectivity index (χ2n) is 9.39. The quantitative estimate of drug-likeness (QED) is 0.708. The van der Waals surface area contributed by atoms with Crippen molar-refractivity contribution >= 4 is 0 Å². The van der Waals surface area contributed by atoms with E-state index in [1.807, 2.05) is 0 Å². The minimum absolute atomic E-state index is 0.0131. The lowest BCUT2D eigenvalue weighted by atomic mass is 9.45. The first-order chi connectivity index (χ1) is 10.4. The molecule has 1 N–H and O–H groups in total. The zero-order valence-corrected chi connectivity index (χ0v) is 14.7. The molecule has 0 radical (unpaired) electrons. The molecule has 0 aliphatic heterocycles. The molecule has 0 aromatic heterocycles. The van der Waals surface area contributed by atoms with Crippen LogP contribution in [-0.4, -0.2) is 18.0 Å². The number of methoxy groups -OCH3 is 1. The number of aliphatic hydroxyl groups is 1. The lowest BCUT2D eigenvalue weighted by Gasteiger charge is -2.61. The van der Waals surface area contributed by atoms with E-state index in [-0.39, 0.29) is 5.41 Å². The van der Waals surface area contributed by atoms with Gasteiger partial charge in [0, 0.05) is 18.9 Å². The highest BCUT2D eigenvalue weighted by Crippen LogP contribution is 2.68. The van der Waals surface area contributed by atoms with Gasteiger partial charge in [0.25, 0.3) is 0 Å². The maximum Gasteiger partial charge on any atom is 0.170 e. The molecule has 0 spiro atoms. The van der Waals surface area contributed by atoms with Gasteiger partial charge in [-0.25, -0.2) is 0 Å². The van der Waals surface area contributed by atoms with Crippen LogP contribution >= 0.6 is 0 Å². The van der Waals surface area contributed by atoms with Crippen LogP contribution in [-0.2, 0) is 4.74 Å². The van der Waals surface area contributed by atoms with E-state index in [9.17, 15) is 5.11 Å². The molecule has 2 unspecified atom stereocenters. The van der Waals surface area contributed by atoms with Gasteiger partial charge in [0.05, 0.1) is 0 Å². The Labute approximate surface area is 136 Å². The van der Waals surface area contributed by atoms with E-state index in [1.165, 1.54) is 51.4 Å². The monoisotopic (exact) mass is 306 g/mol. The van der Waals surface area contributed by atoms with Gasteiger partial charge in [-0.15, -0.1) is 0 Å². The Morgan fingerprint density at radius 1 is 0.864 bits per heavy atom. The maximum absolute atomic E-state index is 11.0. The first kappa shape index (κ1) is 15.4. The topological polar surface area (TPSA) is 29.5 Å². The van der Waals surface area contributed by atoms with Gasteiger partial charge in [-0.3, -0.25) is 0 Å². The van der Waals surface area contributed by atoms with E-state index in [2.05, 4.69) is 13.8 Å². The molecule has 0 heterocycles. The van der Waals surface area contributed by atoms with Crippen molar-refractivity contribution < 1.29 is 9.84 Å². The molecule has 4 saturated carbocycles. The molecule has 4 aliphatic rings. The molecular weight excluding hydrogens is 272 g/mol. The fourth-order valence-corrected chi connectivity index (χ4v) is 7.60. The minimum atomic E-state index is -0.868. The van der Waals surface area contributed by atoms with Crippen LogP contribution in [0.2, 0.25) is 0 Å². The smallest absolute Gasteiger partial charge is 0.170 e. The highest BCUT2D eigenvalue weighted by atomic mass is 16.6.